The van der Waals surface area contributed by atoms with Crippen LogP contribution in [0.3, 0.4) is 0 Å². The lowest BCUT2D eigenvalue weighted by atomic mass is 10.1. The maximum Gasteiger partial charge on any atom is 0.244 e. The molecule has 2 rings (SSSR count). The van der Waals surface area contributed by atoms with Crippen LogP contribution in [0.2, 0.25) is 0 Å². The summed E-state index contributed by atoms with van der Waals surface area (Å²) in [5, 5.41) is 11.7. The van der Waals surface area contributed by atoms with Gasteiger partial charge in [0, 0.05) is 17.6 Å². The van der Waals surface area contributed by atoms with Crippen LogP contribution in [0, 0.1) is 0 Å². The number of aliphatic imine (C=N–C) groups is 1. The van der Waals surface area contributed by atoms with E-state index in [0.29, 0.717) is 29.3 Å². The van der Waals surface area contributed by atoms with Gasteiger partial charge >= 0.3 is 0 Å². The topological polar surface area (TPSA) is 130 Å². The first-order valence-electron chi connectivity index (χ1n) is 13.0. The number of thioether (sulfide) groups is 2. The molecule has 12 heteroatoms. The molecule has 210 valence electrons. The van der Waals surface area contributed by atoms with Gasteiger partial charge < -0.3 is 16.0 Å². The molecule has 0 saturated carbocycles. The summed E-state index contributed by atoms with van der Waals surface area (Å²) in [6, 6.07) is -1.23. The molecule has 3 amide bonds. The molecular weight excluding hydrogens is 543 g/mol. The van der Waals surface area contributed by atoms with Crippen LogP contribution < -0.4 is 16.0 Å². The Labute approximate surface area is 237 Å². The maximum absolute atomic E-state index is 12.6. The molecule has 1 aliphatic rings. The number of rotatable bonds is 10. The van der Waals surface area contributed by atoms with Gasteiger partial charge in [-0.1, -0.05) is 56.5 Å². The summed E-state index contributed by atoms with van der Waals surface area (Å²) in [6.45, 7) is 3.89. The molecule has 9 nitrogen and oxygen atoms in total. The third-order valence-corrected chi connectivity index (χ3v) is 8.18. The normalized spacial score (nSPS) is 19.6. The van der Waals surface area contributed by atoms with Crippen molar-refractivity contribution < 1.29 is 19.2 Å². The van der Waals surface area contributed by atoms with Gasteiger partial charge in [0.25, 0.3) is 0 Å². The number of allylic oxidation sites excluding steroid dienone is 1. The molecule has 1 aliphatic heterocycles. The summed E-state index contributed by atoms with van der Waals surface area (Å²) in [4.78, 5) is 58.7. The summed E-state index contributed by atoms with van der Waals surface area (Å²) >= 11 is 4.12. The average molecular weight is 582 g/mol. The summed E-state index contributed by atoms with van der Waals surface area (Å²) in [5.74, 6) is -0.348. The number of unbranched alkanes of at least 4 members (excludes halogenated alkanes) is 4. The van der Waals surface area contributed by atoms with Gasteiger partial charge in [0.2, 0.25) is 17.7 Å². The molecule has 2 heterocycles. The van der Waals surface area contributed by atoms with Gasteiger partial charge in [0.15, 0.2) is 5.12 Å². The fraction of sp³-hybridized carbons (Fsp3) is 0.615. The molecule has 0 aliphatic carbocycles. The number of amides is 3. The second-order valence-electron chi connectivity index (χ2n) is 8.92. The highest BCUT2D eigenvalue weighted by Crippen LogP contribution is 2.17. The molecule has 38 heavy (non-hydrogen) atoms. The van der Waals surface area contributed by atoms with Crippen molar-refractivity contribution in [2.45, 2.75) is 83.8 Å². The van der Waals surface area contributed by atoms with Crippen LogP contribution in [0.1, 0.15) is 75.9 Å². The monoisotopic (exact) mass is 581 g/mol. The molecule has 0 saturated heterocycles. The number of fused-ring (bicyclic) bond motifs is 2. The fourth-order valence-corrected chi connectivity index (χ4v) is 5.72. The Morgan fingerprint density at radius 1 is 1.13 bits per heavy atom. The molecular formula is C26H39N5O4S3. The molecule has 0 spiro atoms. The largest absolute Gasteiger partial charge is 0.350 e. The Kier molecular flexibility index (Phi) is 15.3. The SMILES string of the molecule is CCCCCCCC(=O)SCC/C=C/C1CC(=O)NCc2nc(cs2)C(SC)=NC(C)C(=O)NCC(=O)N1. The lowest BCUT2D eigenvalue weighted by Crippen LogP contribution is -2.44. The van der Waals surface area contributed by atoms with Crippen molar-refractivity contribution in [3.63, 3.8) is 0 Å². The number of nitrogens with zero attached hydrogens (tertiary/aromatic N) is 2. The van der Waals surface area contributed by atoms with Gasteiger partial charge in [-0.2, -0.15) is 0 Å². The standard InChI is InChI=1S/C26H39N5O4S3/c1-4-5-6-7-8-12-24(34)37-13-10-9-11-19-14-21(32)27-16-23-31-20(17-38-23)26(36-3)29-18(2)25(35)28-15-22(33)30-19/h9,11,17-19H,4-8,10,12-16H2,1-3H3,(H,27,32)(H,28,35)(H,30,33)/b11-9+,29-26?. The minimum atomic E-state index is -0.685. The molecule has 1 aromatic rings. The third kappa shape index (κ3) is 12.6. The van der Waals surface area contributed by atoms with Crippen molar-refractivity contribution in [1.82, 2.24) is 20.9 Å². The Hall–Kier alpha value is -2.18. The van der Waals surface area contributed by atoms with Gasteiger partial charge in [-0.15, -0.1) is 23.1 Å². The second kappa shape index (κ2) is 18.2. The van der Waals surface area contributed by atoms with E-state index >= 15 is 0 Å². The number of aromatic nitrogens is 1. The summed E-state index contributed by atoms with van der Waals surface area (Å²) in [6.07, 6.45) is 12.4. The smallest absolute Gasteiger partial charge is 0.244 e. The van der Waals surface area contributed by atoms with Gasteiger partial charge in [-0.05, 0) is 26.0 Å². The fourth-order valence-electron chi connectivity index (χ4n) is 3.58. The summed E-state index contributed by atoms with van der Waals surface area (Å²) in [5.41, 5.74) is 0.657. The minimum absolute atomic E-state index is 0.0478. The first-order chi connectivity index (χ1) is 18.3. The number of thiazole rings is 1. The molecule has 2 bridgehead atoms. The lowest BCUT2D eigenvalue weighted by Gasteiger charge is -2.16. The van der Waals surface area contributed by atoms with E-state index in [1.165, 1.54) is 54.1 Å². The van der Waals surface area contributed by atoms with Gasteiger partial charge in [0.1, 0.15) is 21.8 Å². The van der Waals surface area contributed by atoms with Crippen molar-refractivity contribution in [2.75, 3.05) is 18.6 Å². The zero-order valence-corrected chi connectivity index (χ0v) is 24.9. The number of carbonyl (C=O) groups is 4. The molecule has 0 aromatic carbocycles. The first kappa shape index (κ1) is 32.0. The number of hydrogen-bond acceptors (Lipinski definition) is 9. The van der Waals surface area contributed by atoms with Crippen LogP contribution in [0.25, 0.3) is 0 Å². The zero-order chi connectivity index (χ0) is 27.8. The van der Waals surface area contributed by atoms with E-state index in [1.54, 1.807) is 13.0 Å². The molecule has 2 atom stereocenters. The molecule has 3 N–H and O–H groups in total. The van der Waals surface area contributed by atoms with E-state index in [9.17, 15) is 19.2 Å². The van der Waals surface area contributed by atoms with E-state index in [-0.39, 0.29) is 36.4 Å². The van der Waals surface area contributed by atoms with E-state index in [0.717, 1.165) is 17.8 Å². The molecule has 0 radical (unpaired) electrons. The van der Waals surface area contributed by atoms with E-state index < -0.39 is 18.0 Å². The van der Waals surface area contributed by atoms with Crippen molar-refractivity contribution in [1.29, 1.82) is 0 Å². The predicted octanol–water partition coefficient (Wildman–Crippen LogP) is 3.83. The lowest BCUT2D eigenvalue weighted by molar-refractivity contribution is -0.127. The van der Waals surface area contributed by atoms with Crippen LogP contribution >= 0.6 is 34.9 Å². The van der Waals surface area contributed by atoms with Crippen LogP contribution in [0.4, 0.5) is 0 Å². The number of carbonyl (C=O) groups excluding carboxylic acids is 4. The van der Waals surface area contributed by atoms with Crippen molar-refractivity contribution in [3.05, 3.63) is 28.2 Å². The number of hydrogen-bond donors (Lipinski definition) is 3. The average Bonchev–Trinajstić information content (AvgIpc) is 3.37. The Bertz CT molecular complexity index is 995. The third-order valence-electron chi connectivity index (χ3n) is 5.67. The van der Waals surface area contributed by atoms with Gasteiger partial charge in [-0.25, -0.2) is 4.98 Å². The van der Waals surface area contributed by atoms with Crippen LogP contribution in [-0.4, -0.2) is 63.5 Å². The Morgan fingerprint density at radius 3 is 2.68 bits per heavy atom. The van der Waals surface area contributed by atoms with Crippen molar-refractivity contribution in [3.8, 4) is 0 Å². The highest BCUT2D eigenvalue weighted by molar-refractivity contribution is 8.14. The van der Waals surface area contributed by atoms with Gasteiger partial charge in [-0.3, -0.25) is 24.2 Å². The predicted molar refractivity (Wildman–Crippen MR) is 158 cm³/mol. The molecule has 1 aromatic heterocycles. The Morgan fingerprint density at radius 2 is 1.92 bits per heavy atom. The Balaban J connectivity index is 1.94. The van der Waals surface area contributed by atoms with E-state index in [1.807, 2.05) is 17.7 Å². The molecule has 2 unspecified atom stereocenters. The maximum atomic E-state index is 12.6. The van der Waals surface area contributed by atoms with Crippen LogP contribution in [-0.2, 0) is 25.7 Å². The first-order valence-corrected chi connectivity index (χ1v) is 16.1. The van der Waals surface area contributed by atoms with Crippen LogP contribution in [0.5, 0.6) is 0 Å². The number of nitrogens with one attached hydrogen (secondary N) is 3. The molecule has 0 fully saturated rings. The van der Waals surface area contributed by atoms with Crippen molar-refractivity contribution >= 4 is 62.7 Å². The van der Waals surface area contributed by atoms with Crippen molar-refractivity contribution in [2.24, 2.45) is 4.99 Å². The van der Waals surface area contributed by atoms with E-state index in [4.69, 9.17) is 0 Å². The highest BCUT2D eigenvalue weighted by Gasteiger charge is 2.19. The van der Waals surface area contributed by atoms with E-state index in [2.05, 4.69) is 32.9 Å². The summed E-state index contributed by atoms with van der Waals surface area (Å²) in [7, 11) is 0. The second-order valence-corrected chi connectivity index (χ2v) is 11.8. The summed E-state index contributed by atoms with van der Waals surface area (Å²) < 4.78 is 0. The van der Waals surface area contributed by atoms with Crippen LogP contribution in [0.15, 0.2) is 22.5 Å². The highest BCUT2D eigenvalue weighted by atomic mass is 32.2. The zero-order valence-electron chi connectivity index (χ0n) is 22.4. The minimum Gasteiger partial charge on any atom is -0.350 e. The quantitative estimate of drug-likeness (QED) is 0.283. The van der Waals surface area contributed by atoms with Gasteiger partial charge in [0.05, 0.1) is 25.6 Å².